The third-order valence-corrected chi connectivity index (χ3v) is 2.24. The molecular weight excluding hydrogens is 231 g/mol. The van der Waals surface area contributed by atoms with Gasteiger partial charge in [-0.05, 0) is 29.6 Å². The summed E-state index contributed by atoms with van der Waals surface area (Å²) in [5.74, 6) is 0. The lowest BCUT2D eigenvalue weighted by atomic mass is 9.76. The highest BCUT2D eigenvalue weighted by Gasteiger charge is 2.14. The molecule has 0 amide bonds. The molecule has 68 valence electrons. The summed E-state index contributed by atoms with van der Waals surface area (Å²) >= 11 is 3.32. The van der Waals surface area contributed by atoms with Crippen LogP contribution in [0.15, 0.2) is 35.3 Å². The molecule has 1 aromatic carbocycles. The van der Waals surface area contributed by atoms with Crippen LogP contribution in [0, 0.1) is 0 Å². The Kier molecular flexibility index (Phi) is 3.72. The lowest BCUT2D eigenvalue weighted by Crippen LogP contribution is -2.32. The Hall–Kier alpha value is -0.575. The van der Waals surface area contributed by atoms with Gasteiger partial charge in [0.05, 0.1) is 0 Å². The molecule has 2 N–H and O–H groups in total. The predicted molar refractivity (Wildman–Crippen MR) is 57.9 cm³/mol. The molecule has 0 bridgehead atoms. The van der Waals surface area contributed by atoms with E-state index in [0.29, 0.717) is 11.9 Å². The lowest BCUT2D eigenvalue weighted by molar-refractivity contribution is 0.425. The summed E-state index contributed by atoms with van der Waals surface area (Å²) < 4.78 is 0.925. The first kappa shape index (κ1) is 10.5. The Morgan fingerprint density at radius 2 is 2.15 bits per heavy atom. The molecular formula is C9H10BBrO2. The minimum atomic E-state index is -1.41. The molecule has 0 heterocycles. The smallest absolute Gasteiger partial charge is 0.423 e. The van der Waals surface area contributed by atoms with E-state index in [-0.39, 0.29) is 0 Å². The lowest BCUT2D eigenvalue weighted by Gasteiger charge is -2.06. The molecule has 13 heavy (non-hydrogen) atoms. The van der Waals surface area contributed by atoms with E-state index >= 15 is 0 Å². The van der Waals surface area contributed by atoms with Gasteiger partial charge in [-0.15, -0.1) is 6.58 Å². The van der Waals surface area contributed by atoms with Gasteiger partial charge in [0.15, 0.2) is 0 Å². The molecule has 2 nitrogen and oxygen atoms in total. The van der Waals surface area contributed by atoms with Crippen molar-refractivity contribution in [1.82, 2.24) is 0 Å². The highest BCUT2D eigenvalue weighted by molar-refractivity contribution is 9.10. The third kappa shape index (κ3) is 2.69. The van der Waals surface area contributed by atoms with Crippen molar-refractivity contribution in [2.24, 2.45) is 0 Å². The number of allylic oxidation sites excluding steroid dienone is 1. The fourth-order valence-corrected chi connectivity index (χ4v) is 1.57. The third-order valence-electron chi connectivity index (χ3n) is 1.75. The average Bonchev–Trinajstić information content (AvgIpc) is 2.04. The van der Waals surface area contributed by atoms with Crippen LogP contribution in [-0.2, 0) is 6.42 Å². The standard InChI is InChI=1S/C9H10BBrO2/c1-2-3-7-6-8(11)4-5-9(7)10(12)13/h2,4-6,12-13H,1,3H2. The zero-order chi connectivity index (χ0) is 9.84. The Morgan fingerprint density at radius 1 is 1.46 bits per heavy atom. The van der Waals surface area contributed by atoms with E-state index in [0.717, 1.165) is 10.0 Å². The number of benzene rings is 1. The zero-order valence-electron chi connectivity index (χ0n) is 7.07. The number of hydrogen-bond acceptors (Lipinski definition) is 2. The van der Waals surface area contributed by atoms with Crippen LogP contribution in [0.1, 0.15) is 5.56 Å². The molecule has 0 aromatic heterocycles. The molecule has 4 heteroatoms. The highest BCUT2D eigenvalue weighted by atomic mass is 79.9. The van der Waals surface area contributed by atoms with Crippen molar-refractivity contribution < 1.29 is 10.0 Å². The number of hydrogen-bond donors (Lipinski definition) is 2. The fraction of sp³-hybridized carbons (Fsp3) is 0.111. The van der Waals surface area contributed by atoms with E-state index in [2.05, 4.69) is 22.5 Å². The maximum Gasteiger partial charge on any atom is 0.488 e. The minimum Gasteiger partial charge on any atom is -0.423 e. The van der Waals surface area contributed by atoms with Gasteiger partial charge in [-0.3, -0.25) is 0 Å². The highest BCUT2D eigenvalue weighted by Crippen LogP contribution is 2.11. The molecule has 0 atom stereocenters. The molecule has 1 aromatic rings. The van der Waals surface area contributed by atoms with E-state index in [1.165, 1.54) is 0 Å². The van der Waals surface area contributed by atoms with Crippen molar-refractivity contribution in [2.75, 3.05) is 0 Å². The van der Waals surface area contributed by atoms with Crippen LogP contribution in [0.5, 0.6) is 0 Å². The van der Waals surface area contributed by atoms with Gasteiger partial charge in [-0.2, -0.15) is 0 Å². The van der Waals surface area contributed by atoms with Crippen molar-refractivity contribution >= 4 is 28.5 Å². The summed E-state index contributed by atoms with van der Waals surface area (Å²) in [6.45, 7) is 3.61. The van der Waals surface area contributed by atoms with Crippen molar-refractivity contribution in [2.45, 2.75) is 6.42 Å². The summed E-state index contributed by atoms with van der Waals surface area (Å²) in [6, 6.07) is 5.32. The molecule has 0 unspecified atom stereocenters. The van der Waals surface area contributed by atoms with E-state index < -0.39 is 7.12 Å². The van der Waals surface area contributed by atoms with E-state index in [9.17, 15) is 0 Å². The molecule has 0 aliphatic heterocycles. The molecule has 0 fully saturated rings. The SMILES string of the molecule is C=CCc1cc(Br)ccc1B(O)O. The Labute approximate surface area is 86.2 Å². The number of halogens is 1. The predicted octanol–water partition coefficient (Wildman–Crippen LogP) is 0.857. The van der Waals surface area contributed by atoms with Gasteiger partial charge in [0.25, 0.3) is 0 Å². The van der Waals surface area contributed by atoms with Crippen LogP contribution in [0.4, 0.5) is 0 Å². The molecule has 0 aliphatic carbocycles. The summed E-state index contributed by atoms with van der Waals surface area (Å²) in [4.78, 5) is 0. The van der Waals surface area contributed by atoms with Crippen LogP contribution in [-0.4, -0.2) is 17.2 Å². The van der Waals surface area contributed by atoms with Gasteiger partial charge in [-0.1, -0.05) is 28.1 Å². The fourth-order valence-electron chi connectivity index (χ4n) is 1.16. The van der Waals surface area contributed by atoms with Gasteiger partial charge in [0.1, 0.15) is 0 Å². The first-order chi connectivity index (χ1) is 6.15. The Bertz CT molecular complexity index is 312. The zero-order valence-corrected chi connectivity index (χ0v) is 8.66. The molecule has 0 radical (unpaired) electrons. The van der Waals surface area contributed by atoms with E-state index in [4.69, 9.17) is 10.0 Å². The van der Waals surface area contributed by atoms with E-state index in [1.807, 2.05) is 6.07 Å². The first-order valence-corrected chi connectivity index (χ1v) is 4.70. The summed E-state index contributed by atoms with van der Waals surface area (Å²) in [7, 11) is -1.41. The Balaban J connectivity index is 3.10. The van der Waals surface area contributed by atoms with Crippen LogP contribution in [0.3, 0.4) is 0 Å². The van der Waals surface area contributed by atoms with Crippen LogP contribution in [0.25, 0.3) is 0 Å². The second-order valence-electron chi connectivity index (χ2n) is 2.71. The van der Waals surface area contributed by atoms with Crippen LogP contribution in [0.2, 0.25) is 0 Å². The van der Waals surface area contributed by atoms with Crippen molar-refractivity contribution in [3.05, 3.63) is 40.9 Å². The first-order valence-electron chi connectivity index (χ1n) is 3.90. The summed E-state index contributed by atoms with van der Waals surface area (Å²) in [5.41, 5.74) is 1.41. The number of rotatable bonds is 3. The molecule has 0 spiro atoms. The minimum absolute atomic E-state index is 0.531. The summed E-state index contributed by atoms with van der Waals surface area (Å²) in [6.07, 6.45) is 2.36. The maximum atomic E-state index is 9.03. The van der Waals surface area contributed by atoms with Gasteiger partial charge < -0.3 is 10.0 Å². The second-order valence-corrected chi connectivity index (χ2v) is 3.63. The van der Waals surface area contributed by atoms with E-state index in [1.54, 1.807) is 18.2 Å². The largest absolute Gasteiger partial charge is 0.488 e. The van der Waals surface area contributed by atoms with Crippen LogP contribution < -0.4 is 5.46 Å². The molecule has 0 saturated carbocycles. The molecule has 1 rings (SSSR count). The molecule has 0 saturated heterocycles. The molecule has 0 aliphatic rings. The van der Waals surface area contributed by atoms with Gasteiger partial charge >= 0.3 is 7.12 Å². The maximum absolute atomic E-state index is 9.03. The monoisotopic (exact) mass is 240 g/mol. The quantitative estimate of drug-likeness (QED) is 0.608. The second kappa shape index (κ2) is 4.60. The normalized spacial score (nSPS) is 9.77. The van der Waals surface area contributed by atoms with Crippen molar-refractivity contribution in [3.8, 4) is 0 Å². The average molecular weight is 241 g/mol. The topological polar surface area (TPSA) is 40.5 Å². The van der Waals surface area contributed by atoms with Gasteiger partial charge in [0, 0.05) is 4.47 Å². The summed E-state index contributed by atoms with van der Waals surface area (Å²) in [5, 5.41) is 18.1. The van der Waals surface area contributed by atoms with Gasteiger partial charge in [0.2, 0.25) is 0 Å². The Morgan fingerprint density at radius 3 is 2.69 bits per heavy atom. The van der Waals surface area contributed by atoms with Crippen LogP contribution >= 0.6 is 15.9 Å². The van der Waals surface area contributed by atoms with Crippen molar-refractivity contribution in [1.29, 1.82) is 0 Å². The van der Waals surface area contributed by atoms with Crippen molar-refractivity contribution in [3.63, 3.8) is 0 Å². The van der Waals surface area contributed by atoms with Gasteiger partial charge in [-0.25, -0.2) is 0 Å².